The van der Waals surface area contributed by atoms with Gasteiger partial charge in [-0.1, -0.05) is 6.07 Å². The fraction of sp³-hybridized carbons (Fsp3) is 0.364. The maximum Gasteiger partial charge on any atom is 0.315 e. The van der Waals surface area contributed by atoms with Crippen molar-refractivity contribution in [2.75, 3.05) is 34.6 Å². The first kappa shape index (κ1) is 21.8. The molecule has 2 amide bonds. The highest BCUT2D eigenvalue weighted by molar-refractivity contribution is 7.98. The van der Waals surface area contributed by atoms with Crippen LogP contribution in [0.3, 0.4) is 0 Å². The minimum atomic E-state index is -0.344. The molecule has 30 heavy (non-hydrogen) atoms. The molecule has 1 atom stereocenters. The summed E-state index contributed by atoms with van der Waals surface area (Å²) in [5, 5.41) is 5.57. The van der Waals surface area contributed by atoms with Gasteiger partial charge in [0.2, 0.25) is 5.75 Å². The highest BCUT2D eigenvalue weighted by Crippen LogP contribution is 2.50. The standard InChI is InChI=1S/C22H26N2O5S/c1-23-22(26)24-15-8-6-12-10-17(27-2)20(28-3)21(29-4)19(12)13-7-9-18(30-5)16(25)11-14(13)15/h7,9-11,15H,6,8H2,1-5H3,(H2,23,24,26). The van der Waals surface area contributed by atoms with E-state index in [1.54, 1.807) is 34.4 Å². The number of urea groups is 1. The SMILES string of the molecule is CNC(=O)NC1CCc2cc(OC)c(OC)c(OC)c2-c2ccc(SC)c(=O)cc21. The molecular formula is C22H26N2O5S. The lowest BCUT2D eigenvalue weighted by atomic mass is 9.95. The average molecular weight is 431 g/mol. The number of amides is 2. The highest BCUT2D eigenvalue weighted by atomic mass is 32.2. The zero-order valence-electron chi connectivity index (χ0n) is 17.8. The van der Waals surface area contributed by atoms with Gasteiger partial charge in [0.05, 0.1) is 32.3 Å². The van der Waals surface area contributed by atoms with E-state index in [2.05, 4.69) is 10.6 Å². The number of benzene rings is 1. The molecule has 0 aliphatic heterocycles. The quantitative estimate of drug-likeness (QED) is 0.708. The van der Waals surface area contributed by atoms with Gasteiger partial charge in [0.15, 0.2) is 16.9 Å². The van der Waals surface area contributed by atoms with Crippen LogP contribution in [0, 0.1) is 0 Å². The summed E-state index contributed by atoms with van der Waals surface area (Å²) < 4.78 is 16.9. The lowest BCUT2D eigenvalue weighted by molar-refractivity contribution is 0.238. The second-order valence-electron chi connectivity index (χ2n) is 6.77. The molecule has 160 valence electrons. The van der Waals surface area contributed by atoms with Crippen molar-refractivity contribution in [1.82, 2.24) is 10.6 Å². The van der Waals surface area contributed by atoms with E-state index in [1.165, 1.54) is 11.8 Å². The van der Waals surface area contributed by atoms with Crippen LogP contribution in [-0.4, -0.2) is 40.7 Å². The van der Waals surface area contributed by atoms with Gasteiger partial charge in [0.25, 0.3) is 0 Å². The molecule has 0 saturated carbocycles. The van der Waals surface area contributed by atoms with Crippen molar-refractivity contribution in [3.63, 3.8) is 0 Å². The van der Waals surface area contributed by atoms with Crippen LogP contribution in [0.2, 0.25) is 0 Å². The van der Waals surface area contributed by atoms with Crippen LogP contribution in [0.25, 0.3) is 11.1 Å². The van der Waals surface area contributed by atoms with Gasteiger partial charge in [0.1, 0.15) is 0 Å². The maximum atomic E-state index is 12.8. The van der Waals surface area contributed by atoms with Crippen LogP contribution in [0.15, 0.2) is 34.0 Å². The number of hydrogen-bond acceptors (Lipinski definition) is 6. The number of methoxy groups -OCH3 is 3. The van der Waals surface area contributed by atoms with Gasteiger partial charge in [-0.3, -0.25) is 4.79 Å². The number of fused-ring (bicyclic) bond motifs is 3. The maximum absolute atomic E-state index is 12.8. The molecule has 1 aliphatic carbocycles. The summed E-state index contributed by atoms with van der Waals surface area (Å²) in [6.07, 6.45) is 3.14. The van der Waals surface area contributed by atoms with E-state index in [1.807, 2.05) is 24.5 Å². The molecule has 8 heteroatoms. The van der Waals surface area contributed by atoms with Crippen molar-refractivity contribution in [3.05, 3.63) is 45.6 Å². The molecular weight excluding hydrogens is 404 g/mol. The molecule has 0 saturated heterocycles. The lowest BCUT2D eigenvalue weighted by Crippen LogP contribution is -2.36. The van der Waals surface area contributed by atoms with E-state index in [0.717, 1.165) is 22.3 Å². The summed E-state index contributed by atoms with van der Waals surface area (Å²) >= 11 is 1.39. The van der Waals surface area contributed by atoms with Crippen molar-refractivity contribution in [3.8, 4) is 28.4 Å². The van der Waals surface area contributed by atoms with Gasteiger partial charge in [-0.15, -0.1) is 11.8 Å². The molecule has 0 radical (unpaired) electrons. The van der Waals surface area contributed by atoms with Crippen LogP contribution < -0.4 is 30.3 Å². The monoisotopic (exact) mass is 430 g/mol. The van der Waals surface area contributed by atoms with Crippen molar-refractivity contribution in [2.45, 2.75) is 23.8 Å². The Kier molecular flexibility index (Phi) is 6.77. The molecule has 2 aromatic rings. The van der Waals surface area contributed by atoms with Crippen molar-refractivity contribution < 1.29 is 19.0 Å². The largest absolute Gasteiger partial charge is 0.493 e. The predicted octanol–water partition coefficient (Wildman–Crippen LogP) is 3.38. The minimum Gasteiger partial charge on any atom is -0.493 e. The first-order chi connectivity index (χ1) is 14.5. The molecule has 0 bridgehead atoms. The summed E-state index contributed by atoms with van der Waals surface area (Å²) in [6.45, 7) is 0. The van der Waals surface area contributed by atoms with E-state index in [4.69, 9.17) is 14.2 Å². The topological polar surface area (TPSA) is 85.9 Å². The average Bonchev–Trinajstić information content (AvgIpc) is 3.00. The summed E-state index contributed by atoms with van der Waals surface area (Å²) in [4.78, 5) is 25.5. The Morgan fingerprint density at radius 2 is 1.83 bits per heavy atom. The van der Waals surface area contributed by atoms with Gasteiger partial charge in [0, 0.05) is 12.6 Å². The van der Waals surface area contributed by atoms with E-state index in [0.29, 0.717) is 35.0 Å². The number of hydrogen-bond donors (Lipinski definition) is 2. The molecule has 0 aromatic heterocycles. The van der Waals surface area contributed by atoms with Crippen molar-refractivity contribution >= 4 is 17.8 Å². The van der Waals surface area contributed by atoms with Crippen LogP contribution in [0.4, 0.5) is 4.79 Å². The summed E-state index contributed by atoms with van der Waals surface area (Å²) in [5.41, 5.74) is 3.31. The van der Waals surface area contributed by atoms with Crippen LogP contribution in [0.1, 0.15) is 23.6 Å². The molecule has 2 N–H and O–H groups in total. The Morgan fingerprint density at radius 1 is 1.10 bits per heavy atom. The Hall–Kier alpha value is -2.87. The van der Waals surface area contributed by atoms with Gasteiger partial charge < -0.3 is 24.8 Å². The van der Waals surface area contributed by atoms with Gasteiger partial charge in [-0.2, -0.15) is 0 Å². The molecule has 2 aromatic carbocycles. The first-order valence-corrected chi connectivity index (χ1v) is 10.7. The number of nitrogens with one attached hydrogen (secondary N) is 2. The molecule has 0 heterocycles. The zero-order valence-corrected chi connectivity index (χ0v) is 18.6. The van der Waals surface area contributed by atoms with E-state index < -0.39 is 0 Å². The van der Waals surface area contributed by atoms with Gasteiger partial charge in [-0.25, -0.2) is 4.79 Å². The second kappa shape index (κ2) is 9.30. The molecule has 0 fully saturated rings. The van der Waals surface area contributed by atoms with E-state index in [-0.39, 0.29) is 17.5 Å². The van der Waals surface area contributed by atoms with Crippen molar-refractivity contribution in [2.24, 2.45) is 0 Å². The third-order valence-electron chi connectivity index (χ3n) is 5.25. The third kappa shape index (κ3) is 3.92. The third-order valence-corrected chi connectivity index (χ3v) is 6.03. The van der Waals surface area contributed by atoms with E-state index in [9.17, 15) is 9.59 Å². The second-order valence-corrected chi connectivity index (χ2v) is 7.62. The Morgan fingerprint density at radius 3 is 2.43 bits per heavy atom. The molecule has 0 spiro atoms. The number of rotatable bonds is 5. The van der Waals surface area contributed by atoms with Crippen molar-refractivity contribution in [1.29, 1.82) is 0 Å². The first-order valence-electron chi connectivity index (χ1n) is 9.51. The lowest BCUT2D eigenvalue weighted by Gasteiger charge is -2.19. The van der Waals surface area contributed by atoms with Crippen LogP contribution in [-0.2, 0) is 6.42 Å². The summed E-state index contributed by atoms with van der Waals surface area (Å²) in [5.74, 6) is 1.60. The minimum absolute atomic E-state index is 0.0876. The smallest absolute Gasteiger partial charge is 0.315 e. The van der Waals surface area contributed by atoms with Gasteiger partial charge >= 0.3 is 6.03 Å². The van der Waals surface area contributed by atoms with Crippen LogP contribution >= 0.6 is 11.8 Å². The number of carbonyl (C=O) groups excluding carboxylic acids is 1. The number of carbonyl (C=O) groups is 1. The number of thioether (sulfide) groups is 1. The molecule has 1 unspecified atom stereocenters. The number of ether oxygens (including phenoxy) is 3. The van der Waals surface area contributed by atoms with Crippen LogP contribution in [0.5, 0.6) is 17.2 Å². The van der Waals surface area contributed by atoms with Gasteiger partial charge in [-0.05, 0) is 54.0 Å². The zero-order chi connectivity index (χ0) is 21.8. The fourth-order valence-electron chi connectivity index (χ4n) is 3.85. The predicted molar refractivity (Wildman–Crippen MR) is 118 cm³/mol. The molecule has 7 nitrogen and oxygen atoms in total. The Balaban J connectivity index is 2.38. The Labute approximate surface area is 180 Å². The Bertz CT molecular complexity index is 1030. The fourth-order valence-corrected chi connectivity index (χ4v) is 4.31. The number of aryl methyl sites for hydroxylation is 1. The van der Waals surface area contributed by atoms with E-state index >= 15 is 0 Å². The normalized spacial score (nSPS) is 14.6. The molecule has 3 rings (SSSR count). The summed E-state index contributed by atoms with van der Waals surface area (Å²) in [7, 11) is 6.29. The summed E-state index contributed by atoms with van der Waals surface area (Å²) in [6, 6.07) is 6.64. The molecule has 1 aliphatic rings. The highest BCUT2D eigenvalue weighted by Gasteiger charge is 2.29.